The molecule has 1 aromatic heterocycles. The molecular formula is C15H15NO. The van der Waals surface area contributed by atoms with Gasteiger partial charge >= 0.3 is 0 Å². The Balaban J connectivity index is 2.28. The van der Waals surface area contributed by atoms with Gasteiger partial charge in [0.05, 0.1) is 5.69 Å². The number of benzene rings is 1. The van der Waals surface area contributed by atoms with E-state index >= 15 is 0 Å². The van der Waals surface area contributed by atoms with Crippen molar-refractivity contribution in [3.63, 3.8) is 0 Å². The molecule has 2 heteroatoms. The Morgan fingerprint density at radius 3 is 2.35 bits per heavy atom. The molecular weight excluding hydrogens is 210 g/mol. The average Bonchev–Trinajstić information content (AvgIpc) is 2.42. The second kappa shape index (κ2) is 5.41. The van der Waals surface area contributed by atoms with Gasteiger partial charge in [-0.2, -0.15) is 0 Å². The Hall–Kier alpha value is -1.93. The second-order valence-corrected chi connectivity index (χ2v) is 3.87. The van der Waals surface area contributed by atoms with Crippen molar-refractivity contribution in [1.82, 2.24) is 4.98 Å². The fraction of sp³-hybridized carbons (Fsp3) is 0.133. The first kappa shape index (κ1) is 11.6. The van der Waals surface area contributed by atoms with Crippen molar-refractivity contribution in [1.29, 1.82) is 0 Å². The SMILES string of the molecule is C=C[C@@H](c1ccccc1)[C@H](O)c1ccccn1. The van der Waals surface area contributed by atoms with Crippen LogP contribution >= 0.6 is 0 Å². The van der Waals surface area contributed by atoms with Crippen LogP contribution in [0.5, 0.6) is 0 Å². The third-order valence-electron chi connectivity index (χ3n) is 2.77. The van der Waals surface area contributed by atoms with Gasteiger partial charge in [-0.25, -0.2) is 0 Å². The van der Waals surface area contributed by atoms with E-state index in [9.17, 15) is 5.11 Å². The van der Waals surface area contributed by atoms with Crippen LogP contribution < -0.4 is 0 Å². The standard InChI is InChI=1S/C15H15NO/c1-2-13(12-8-4-3-5-9-12)15(17)14-10-6-7-11-16-14/h2-11,13,15,17H,1H2/t13-,15-/m0/s1. The van der Waals surface area contributed by atoms with Gasteiger partial charge in [0.1, 0.15) is 6.10 Å². The first-order valence-electron chi connectivity index (χ1n) is 5.59. The summed E-state index contributed by atoms with van der Waals surface area (Å²) in [6.45, 7) is 3.80. The molecule has 2 aromatic rings. The van der Waals surface area contributed by atoms with Crippen LogP contribution in [0.25, 0.3) is 0 Å². The summed E-state index contributed by atoms with van der Waals surface area (Å²) in [5.74, 6) is -0.133. The highest BCUT2D eigenvalue weighted by atomic mass is 16.3. The Bertz CT molecular complexity index is 467. The van der Waals surface area contributed by atoms with E-state index in [4.69, 9.17) is 0 Å². The van der Waals surface area contributed by atoms with Crippen molar-refractivity contribution in [2.24, 2.45) is 0 Å². The van der Waals surface area contributed by atoms with Crippen molar-refractivity contribution in [2.45, 2.75) is 12.0 Å². The predicted octanol–water partition coefficient (Wildman–Crippen LogP) is 3.08. The molecule has 0 saturated carbocycles. The first-order valence-corrected chi connectivity index (χ1v) is 5.59. The minimum atomic E-state index is -0.656. The molecule has 0 bridgehead atoms. The minimum Gasteiger partial charge on any atom is -0.386 e. The number of hydrogen-bond donors (Lipinski definition) is 1. The summed E-state index contributed by atoms with van der Waals surface area (Å²) in [7, 11) is 0. The number of hydrogen-bond acceptors (Lipinski definition) is 2. The van der Waals surface area contributed by atoms with Gasteiger partial charge in [0.25, 0.3) is 0 Å². The topological polar surface area (TPSA) is 33.1 Å². The number of aliphatic hydroxyl groups excluding tert-OH is 1. The molecule has 0 saturated heterocycles. The lowest BCUT2D eigenvalue weighted by Crippen LogP contribution is -2.10. The van der Waals surface area contributed by atoms with Crippen LogP contribution in [0.2, 0.25) is 0 Å². The van der Waals surface area contributed by atoms with Crippen molar-refractivity contribution in [2.75, 3.05) is 0 Å². The number of aliphatic hydroxyl groups is 1. The molecule has 0 fully saturated rings. The van der Waals surface area contributed by atoms with Gasteiger partial charge in [-0.05, 0) is 17.7 Å². The molecule has 0 amide bonds. The molecule has 0 radical (unpaired) electrons. The molecule has 0 unspecified atom stereocenters. The minimum absolute atomic E-state index is 0.133. The molecule has 1 N–H and O–H groups in total. The van der Waals surface area contributed by atoms with Gasteiger partial charge in [-0.1, -0.05) is 42.5 Å². The van der Waals surface area contributed by atoms with E-state index in [0.717, 1.165) is 5.56 Å². The van der Waals surface area contributed by atoms with Crippen molar-refractivity contribution >= 4 is 0 Å². The second-order valence-electron chi connectivity index (χ2n) is 3.87. The summed E-state index contributed by atoms with van der Waals surface area (Å²) in [5.41, 5.74) is 1.71. The lowest BCUT2D eigenvalue weighted by molar-refractivity contribution is 0.157. The van der Waals surface area contributed by atoms with Gasteiger partial charge in [0.2, 0.25) is 0 Å². The molecule has 0 aliphatic rings. The van der Waals surface area contributed by atoms with E-state index in [1.807, 2.05) is 48.5 Å². The fourth-order valence-corrected chi connectivity index (χ4v) is 1.86. The number of rotatable bonds is 4. The zero-order valence-electron chi connectivity index (χ0n) is 9.53. The molecule has 0 spiro atoms. The van der Waals surface area contributed by atoms with Crippen LogP contribution in [0.15, 0.2) is 67.4 Å². The summed E-state index contributed by atoms with van der Waals surface area (Å²) in [6.07, 6.45) is 2.79. The maximum absolute atomic E-state index is 10.3. The maximum atomic E-state index is 10.3. The first-order chi connectivity index (χ1) is 8.33. The Morgan fingerprint density at radius 1 is 1.06 bits per heavy atom. The fourth-order valence-electron chi connectivity index (χ4n) is 1.86. The summed E-state index contributed by atoms with van der Waals surface area (Å²) in [5, 5.41) is 10.3. The number of nitrogens with zero attached hydrogens (tertiary/aromatic N) is 1. The molecule has 2 atom stereocenters. The van der Waals surface area contributed by atoms with Crippen molar-refractivity contribution in [3.05, 3.63) is 78.6 Å². The largest absolute Gasteiger partial charge is 0.386 e. The van der Waals surface area contributed by atoms with Crippen LogP contribution in [0.4, 0.5) is 0 Å². The predicted molar refractivity (Wildman–Crippen MR) is 68.6 cm³/mol. The van der Waals surface area contributed by atoms with Crippen LogP contribution in [0.1, 0.15) is 23.3 Å². The zero-order valence-corrected chi connectivity index (χ0v) is 9.53. The van der Waals surface area contributed by atoms with E-state index in [2.05, 4.69) is 11.6 Å². The van der Waals surface area contributed by atoms with Gasteiger partial charge in [0, 0.05) is 12.1 Å². The lowest BCUT2D eigenvalue weighted by atomic mass is 9.91. The van der Waals surface area contributed by atoms with E-state index < -0.39 is 6.10 Å². The highest BCUT2D eigenvalue weighted by Gasteiger charge is 2.20. The van der Waals surface area contributed by atoms with E-state index in [-0.39, 0.29) is 5.92 Å². The van der Waals surface area contributed by atoms with Crippen LogP contribution in [0.3, 0.4) is 0 Å². The zero-order chi connectivity index (χ0) is 12.1. The smallest absolute Gasteiger partial charge is 0.106 e. The normalized spacial score (nSPS) is 13.9. The number of pyridine rings is 1. The van der Waals surface area contributed by atoms with Crippen LogP contribution in [-0.4, -0.2) is 10.1 Å². The molecule has 2 nitrogen and oxygen atoms in total. The molecule has 0 aliphatic heterocycles. The summed E-state index contributed by atoms with van der Waals surface area (Å²) in [4.78, 5) is 4.18. The Morgan fingerprint density at radius 2 is 1.76 bits per heavy atom. The summed E-state index contributed by atoms with van der Waals surface area (Å²) >= 11 is 0. The molecule has 86 valence electrons. The third kappa shape index (κ3) is 2.60. The van der Waals surface area contributed by atoms with Crippen molar-refractivity contribution in [3.8, 4) is 0 Å². The van der Waals surface area contributed by atoms with E-state index in [0.29, 0.717) is 5.69 Å². The van der Waals surface area contributed by atoms with Gasteiger partial charge in [0.15, 0.2) is 0 Å². The van der Waals surface area contributed by atoms with E-state index in [1.54, 1.807) is 12.3 Å². The van der Waals surface area contributed by atoms with Gasteiger partial charge in [-0.15, -0.1) is 6.58 Å². The molecule has 0 aliphatic carbocycles. The monoisotopic (exact) mass is 225 g/mol. The summed E-state index contributed by atoms with van der Waals surface area (Å²) in [6, 6.07) is 15.4. The molecule has 17 heavy (non-hydrogen) atoms. The maximum Gasteiger partial charge on any atom is 0.106 e. The quantitative estimate of drug-likeness (QED) is 0.811. The highest BCUT2D eigenvalue weighted by Crippen LogP contribution is 2.30. The highest BCUT2D eigenvalue weighted by molar-refractivity contribution is 5.27. The van der Waals surface area contributed by atoms with Gasteiger partial charge < -0.3 is 5.11 Å². The molecule has 1 heterocycles. The van der Waals surface area contributed by atoms with E-state index in [1.165, 1.54) is 0 Å². The number of aromatic nitrogens is 1. The molecule has 1 aromatic carbocycles. The van der Waals surface area contributed by atoms with Crippen LogP contribution in [-0.2, 0) is 0 Å². The third-order valence-corrected chi connectivity index (χ3v) is 2.77. The van der Waals surface area contributed by atoms with Crippen molar-refractivity contribution < 1.29 is 5.11 Å². The van der Waals surface area contributed by atoms with Crippen LogP contribution in [0, 0.1) is 0 Å². The average molecular weight is 225 g/mol. The summed E-state index contributed by atoms with van der Waals surface area (Å²) < 4.78 is 0. The lowest BCUT2D eigenvalue weighted by Gasteiger charge is -2.19. The Labute approximate surface area is 101 Å². The Kier molecular flexibility index (Phi) is 3.68. The van der Waals surface area contributed by atoms with Gasteiger partial charge in [-0.3, -0.25) is 4.98 Å². The molecule has 2 rings (SSSR count).